The van der Waals surface area contributed by atoms with Crippen LogP contribution in [0.5, 0.6) is 0 Å². The third-order valence-corrected chi connectivity index (χ3v) is 5.39. The Morgan fingerprint density at radius 2 is 1.86 bits per heavy atom. The zero-order valence-electron chi connectivity index (χ0n) is 14.5. The van der Waals surface area contributed by atoms with Crippen molar-refractivity contribution < 1.29 is 4.74 Å². The molecular formula is C18H36N2O. The number of hydrogen-bond donors (Lipinski definition) is 1. The van der Waals surface area contributed by atoms with Crippen molar-refractivity contribution in [2.75, 3.05) is 46.4 Å². The van der Waals surface area contributed by atoms with Gasteiger partial charge in [0.25, 0.3) is 0 Å². The Hall–Kier alpha value is -0.120. The summed E-state index contributed by atoms with van der Waals surface area (Å²) in [5.74, 6) is 1.55. The number of likely N-dealkylation sites (tertiary alicyclic amines) is 1. The van der Waals surface area contributed by atoms with E-state index in [4.69, 9.17) is 4.74 Å². The van der Waals surface area contributed by atoms with Crippen LogP contribution >= 0.6 is 0 Å². The Balaban J connectivity index is 1.77. The lowest BCUT2D eigenvalue weighted by molar-refractivity contribution is 0.0736. The van der Waals surface area contributed by atoms with Gasteiger partial charge >= 0.3 is 0 Å². The molecule has 21 heavy (non-hydrogen) atoms. The molecule has 0 atom stereocenters. The van der Waals surface area contributed by atoms with Gasteiger partial charge in [-0.3, -0.25) is 0 Å². The molecule has 1 aliphatic carbocycles. The SMILES string of the molecule is COCC1CCN(CC2(CNCC(C)C)CCCC2)CC1. The topological polar surface area (TPSA) is 24.5 Å². The molecule has 0 amide bonds. The van der Waals surface area contributed by atoms with Crippen molar-refractivity contribution in [3.05, 3.63) is 0 Å². The number of methoxy groups -OCH3 is 1. The monoisotopic (exact) mass is 296 g/mol. The number of nitrogens with one attached hydrogen (secondary N) is 1. The molecule has 2 fully saturated rings. The van der Waals surface area contributed by atoms with E-state index in [2.05, 4.69) is 24.1 Å². The van der Waals surface area contributed by atoms with Crippen LogP contribution in [0, 0.1) is 17.3 Å². The summed E-state index contributed by atoms with van der Waals surface area (Å²) >= 11 is 0. The molecule has 1 aliphatic heterocycles. The number of rotatable bonds is 8. The van der Waals surface area contributed by atoms with E-state index in [0.29, 0.717) is 5.41 Å². The van der Waals surface area contributed by atoms with E-state index in [0.717, 1.165) is 25.0 Å². The normalized spacial score (nSPS) is 24.0. The first-order chi connectivity index (χ1) is 10.1. The van der Waals surface area contributed by atoms with Gasteiger partial charge in [-0.15, -0.1) is 0 Å². The van der Waals surface area contributed by atoms with E-state index >= 15 is 0 Å². The van der Waals surface area contributed by atoms with Crippen LogP contribution in [-0.2, 0) is 4.74 Å². The van der Waals surface area contributed by atoms with Crippen molar-refractivity contribution in [1.82, 2.24) is 10.2 Å². The molecule has 3 heteroatoms. The maximum absolute atomic E-state index is 5.32. The molecule has 2 rings (SSSR count). The summed E-state index contributed by atoms with van der Waals surface area (Å²) in [7, 11) is 1.83. The molecule has 2 aliphatic rings. The van der Waals surface area contributed by atoms with Crippen LogP contribution in [0.3, 0.4) is 0 Å². The molecular weight excluding hydrogens is 260 g/mol. The van der Waals surface area contributed by atoms with Gasteiger partial charge in [-0.25, -0.2) is 0 Å². The fraction of sp³-hybridized carbons (Fsp3) is 1.00. The second kappa shape index (κ2) is 8.50. The third-order valence-electron chi connectivity index (χ3n) is 5.39. The van der Waals surface area contributed by atoms with Crippen LogP contribution in [-0.4, -0.2) is 51.3 Å². The molecule has 0 aromatic carbocycles. The molecule has 0 aromatic rings. The minimum absolute atomic E-state index is 0.559. The predicted molar refractivity (Wildman–Crippen MR) is 89.6 cm³/mol. The lowest BCUT2D eigenvalue weighted by atomic mass is 9.84. The van der Waals surface area contributed by atoms with Crippen LogP contribution in [0.1, 0.15) is 52.4 Å². The van der Waals surface area contributed by atoms with Gasteiger partial charge < -0.3 is 15.0 Å². The number of ether oxygens (including phenoxy) is 1. The van der Waals surface area contributed by atoms with Gasteiger partial charge in [0, 0.05) is 26.8 Å². The predicted octanol–water partition coefficient (Wildman–Crippen LogP) is 3.15. The van der Waals surface area contributed by atoms with Crippen molar-refractivity contribution in [3.8, 4) is 0 Å². The van der Waals surface area contributed by atoms with Gasteiger partial charge in [0.05, 0.1) is 0 Å². The molecule has 3 nitrogen and oxygen atoms in total. The van der Waals surface area contributed by atoms with Crippen molar-refractivity contribution >= 4 is 0 Å². The molecule has 0 aromatic heterocycles. The lowest BCUT2D eigenvalue weighted by Gasteiger charge is -2.39. The molecule has 1 saturated heterocycles. The summed E-state index contributed by atoms with van der Waals surface area (Å²) in [6, 6.07) is 0. The number of hydrogen-bond acceptors (Lipinski definition) is 3. The summed E-state index contributed by atoms with van der Waals surface area (Å²) in [6.45, 7) is 11.8. The Morgan fingerprint density at radius 1 is 1.19 bits per heavy atom. The van der Waals surface area contributed by atoms with Crippen LogP contribution in [0.4, 0.5) is 0 Å². The Labute approximate surface area is 131 Å². The van der Waals surface area contributed by atoms with Crippen molar-refractivity contribution in [1.29, 1.82) is 0 Å². The number of piperidine rings is 1. The molecule has 0 spiro atoms. The summed E-state index contributed by atoms with van der Waals surface area (Å²) in [6.07, 6.45) is 8.37. The molecule has 1 heterocycles. The first kappa shape index (κ1) is 17.2. The maximum Gasteiger partial charge on any atom is 0.0491 e. The standard InChI is InChI=1S/C18H36N2O/c1-16(2)12-19-14-18(8-4-5-9-18)15-20-10-6-17(7-11-20)13-21-3/h16-17,19H,4-15H2,1-3H3. The summed E-state index contributed by atoms with van der Waals surface area (Å²) < 4.78 is 5.32. The van der Waals surface area contributed by atoms with Gasteiger partial charge in [-0.1, -0.05) is 26.7 Å². The fourth-order valence-corrected chi connectivity index (χ4v) is 4.16. The summed E-state index contributed by atoms with van der Waals surface area (Å²) in [5, 5.41) is 3.74. The van der Waals surface area contributed by atoms with Gasteiger partial charge in [0.1, 0.15) is 0 Å². The first-order valence-electron chi connectivity index (χ1n) is 9.05. The Morgan fingerprint density at radius 3 is 2.43 bits per heavy atom. The van der Waals surface area contributed by atoms with Crippen molar-refractivity contribution in [2.24, 2.45) is 17.3 Å². The first-order valence-corrected chi connectivity index (χ1v) is 9.05. The smallest absolute Gasteiger partial charge is 0.0491 e. The van der Waals surface area contributed by atoms with Gasteiger partial charge in [-0.2, -0.15) is 0 Å². The van der Waals surface area contributed by atoms with Crippen LogP contribution in [0.25, 0.3) is 0 Å². The highest BCUT2D eigenvalue weighted by Gasteiger charge is 2.36. The third kappa shape index (κ3) is 5.54. The molecule has 1 saturated carbocycles. The molecule has 0 unspecified atom stereocenters. The highest BCUT2D eigenvalue weighted by molar-refractivity contribution is 4.90. The van der Waals surface area contributed by atoms with Gasteiger partial charge in [0.15, 0.2) is 0 Å². The highest BCUT2D eigenvalue weighted by Crippen LogP contribution is 2.39. The number of nitrogens with zero attached hydrogens (tertiary/aromatic N) is 1. The molecule has 0 bridgehead atoms. The van der Waals surface area contributed by atoms with E-state index in [1.807, 2.05) is 7.11 Å². The largest absolute Gasteiger partial charge is 0.384 e. The van der Waals surface area contributed by atoms with E-state index in [1.54, 1.807) is 0 Å². The average Bonchev–Trinajstić information content (AvgIpc) is 2.90. The zero-order chi connectivity index (χ0) is 15.1. The maximum atomic E-state index is 5.32. The van der Waals surface area contributed by atoms with Crippen LogP contribution in [0.2, 0.25) is 0 Å². The minimum atomic E-state index is 0.559. The van der Waals surface area contributed by atoms with E-state index < -0.39 is 0 Å². The average molecular weight is 296 g/mol. The van der Waals surface area contributed by atoms with Gasteiger partial charge in [0.2, 0.25) is 0 Å². The van der Waals surface area contributed by atoms with E-state index in [9.17, 15) is 0 Å². The lowest BCUT2D eigenvalue weighted by Crippen LogP contribution is -2.46. The van der Waals surface area contributed by atoms with Gasteiger partial charge in [-0.05, 0) is 62.6 Å². The highest BCUT2D eigenvalue weighted by atomic mass is 16.5. The Bertz CT molecular complexity index is 279. The minimum Gasteiger partial charge on any atom is -0.384 e. The fourth-order valence-electron chi connectivity index (χ4n) is 4.16. The van der Waals surface area contributed by atoms with Crippen molar-refractivity contribution in [3.63, 3.8) is 0 Å². The molecule has 0 radical (unpaired) electrons. The zero-order valence-corrected chi connectivity index (χ0v) is 14.5. The van der Waals surface area contributed by atoms with E-state index in [-0.39, 0.29) is 0 Å². The van der Waals surface area contributed by atoms with Crippen LogP contribution in [0.15, 0.2) is 0 Å². The van der Waals surface area contributed by atoms with Crippen LogP contribution < -0.4 is 5.32 Å². The Kier molecular flexibility index (Phi) is 6.97. The second-order valence-electron chi connectivity index (χ2n) is 7.91. The quantitative estimate of drug-likeness (QED) is 0.744. The summed E-state index contributed by atoms with van der Waals surface area (Å²) in [4.78, 5) is 2.73. The molecule has 1 N–H and O–H groups in total. The second-order valence-corrected chi connectivity index (χ2v) is 7.91. The van der Waals surface area contributed by atoms with Crippen molar-refractivity contribution in [2.45, 2.75) is 52.4 Å². The molecule has 124 valence electrons. The van der Waals surface area contributed by atoms with E-state index in [1.165, 1.54) is 64.7 Å². The summed E-state index contributed by atoms with van der Waals surface area (Å²) in [5.41, 5.74) is 0.559.